The van der Waals surface area contributed by atoms with Gasteiger partial charge in [0.15, 0.2) is 0 Å². The van der Waals surface area contributed by atoms with Crippen molar-refractivity contribution in [3.05, 3.63) is 29.3 Å². The van der Waals surface area contributed by atoms with Gasteiger partial charge in [-0.3, -0.25) is 0 Å². The minimum Gasteiger partial charge on any atom is -0.561 e. The minimum absolute atomic E-state index is 0.161. The molecule has 1 aromatic carbocycles. The zero-order valence-corrected chi connectivity index (χ0v) is 7.43. The first-order chi connectivity index (χ1) is 6.68. The summed E-state index contributed by atoms with van der Waals surface area (Å²) in [6, 6.07) is 5.05. The van der Waals surface area contributed by atoms with Crippen LogP contribution in [-0.2, 0) is 6.42 Å². The van der Waals surface area contributed by atoms with Crippen LogP contribution >= 0.6 is 0 Å². The first-order valence-corrected chi connectivity index (χ1v) is 4.29. The van der Waals surface area contributed by atoms with Crippen molar-refractivity contribution in [2.45, 2.75) is 12.4 Å². The van der Waals surface area contributed by atoms with E-state index in [2.05, 4.69) is 0 Å². The van der Waals surface area contributed by atoms with Gasteiger partial charge in [-0.15, -0.1) is 0 Å². The Morgan fingerprint density at radius 3 is 3.14 bits per heavy atom. The Hall–Kier alpha value is -1.49. The fraction of sp³-hybridized carbons (Fsp3) is 0.222. The van der Waals surface area contributed by atoms with Crippen LogP contribution in [0.15, 0.2) is 18.2 Å². The van der Waals surface area contributed by atoms with E-state index < -0.39 is 5.97 Å². The van der Waals surface area contributed by atoms with Crippen LogP contribution in [0.5, 0.6) is 5.75 Å². The van der Waals surface area contributed by atoms with E-state index in [0.717, 1.165) is 5.56 Å². The number of carboxylic acid groups (broad SMARTS) is 1. The van der Waals surface area contributed by atoms with Gasteiger partial charge < -0.3 is 15.5 Å². The molecule has 71 valence electrons. The summed E-state index contributed by atoms with van der Waals surface area (Å²) in [7, 11) is 1.47. The van der Waals surface area contributed by atoms with Crippen molar-refractivity contribution in [3.8, 4) is 5.75 Å². The molecular weight excluding hydrogens is 181 g/mol. The van der Waals surface area contributed by atoms with Gasteiger partial charge in [0.1, 0.15) is 5.75 Å². The van der Waals surface area contributed by atoms with Crippen molar-refractivity contribution < 1.29 is 14.6 Å². The molecule has 4 nitrogen and oxygen atoms in total. The van der Waals surface area contributed by atoms with E-state index >= 15 is 0 Å². The minimum atomic E-state index is -0.981. The summed E-state index contributed by atoms with van der Waals surface area (Å²) in [5, 5.41) is 8.88. The fourth-order valence-corrected chi connectivity index (χ4v) is 1.51. The number of fused-ring (bicyclic) bond motifs is 1. The molecule has 0 bridgehead atoms. The topological polar surface area (TPSA) is 72.5 Å². The molecule has 1 aliphatic heterocycles. The third kappa shape index (κ3) is 1.46. The van der Waals surface area contributed by atoms with Crippen LogP contribution < -0.4 is 10.4 Å². The lowest BCUT2D eigenvalue weighted by atomic mass is 9.80. The highest BCUT2D eigenvalue weighted by Gasteiger charge is 2.23. The van der Waals surface area contributed by atoms with Gasteiger partial charge in [0.25, 0.3) is 0 Å². The highest BCUT2D eigenvalue weighted by Crippen LogP contribution is 2.27. The molecule has 0 saturated carbocycles. The van der Waals surface area contributed by atoms with E-state index in [0.29, 0.717) is 12.2 Å². The second-order valence-corrected chi connectivity index (χ2v) is 3.22. The van der Waals surface area contributed by atoms with Gasteiger partial charge >= 0.3 is 13.5 Å². The molecule has 14 heavy (non-hydrogen) atoms. The number of aromatic carboxylic acids is 1. The van der Waals surface area contributed by atoms with Crippen LogP contribution in [0.2, 0.25) is 0 Å². The number of para-hydroxylation sites is 1. The molecule has 0 aromatic heterocycles. The van der Waals surface area contributed by atoms with Crippen molar-refractivity contribution in [1.82, 2.24) is 0 Å². The summed E-state index contributed by atoms with van der Waals surface area (Å²) in [6.45, 7) is 0. The molecular formula is C9H9BNO3. The predicted octanol–water partition coefficient (Wildman–Crippen LogP) is 0.224. The summed E-state index contributed by atoms with van der Waals surface area (Å²) >= 11 is 0. The first kappa shape index (κ1) is 9.08. The van der Waals surface area contributed by atoms with Crippen LogP contribution in [0, 0.1) is 0 Å². The highest BCUT2D eigenvalue weighted by atomic mass is 16.4. The Balaban J connectivity index is 2.46. The maximum absolute atomic E-state index is 10.8. The van der Waals surface area contributed by atoms with Crippen LogP contribution in [0.4, 0.5) is 0 Å². The molecule has 3 N–H and O–H groups in total. The van der Waals surface area contributed by atoms with E-state index in [-0.39, 0.29) is 11.5 Å². The third-order valence-corrected chi connectivity index (χ3v) is 2.14. The number of nitrogens with two attached hydrogens (primary N) is 1. The van der Waals surface area contributed by atoms with Gasteiger partial charge in [-0.25, -0.2) is 4.79 Å². The normalized spacial score (nSPS) is 19.1. The summed E-state index contributed by atoms with van der Waals surface area (Å²) in [6.07, 6.45) is 0.621. The van der Waals surface area contributed by atoms with Crippen molar-refractivity contribution in [3.63, 3.8) is 0 Å². The Morgan fingerprint density at radius 2 is 2.43 bits per heavy atom. The summed E-state index contributed by atoms with van der Waals surface area (Å²) in [5.74, 6) is -0.723. The lowest BCUT2D eigenvalue weighted by molar-refractivity contribution is 0.0694. The third-order valence-electron chi connectivity index (χ3n) is 2.14. The summed E-state index contributed by atoms with van der Waals surface area (Å²) < 4.78 is 5.20. The van der Waals surface area contributed by atoms with Gasteiger partial charge in [-0.1, -0.05) is 12.1 Å². The maximum Gasteiger partial charge on any atom is 0.388 e. The monoisotopic (exact) mass is 190 g/mol. The van der Waals surface area contributed by atoms with E-state index in [4.69, 9.17) is 15.5 Å². The number of hydrogen-bond acceptors (Lipinski definition) is 3. The molecule has 1 unspecified atom stereocenters. The van der Waals surface area contributed by atoms with Crippen LogP contribution in [0.3, 0.4) is 0 Å². The Kier molecular flexibility index (Phi) is 2.17. The van der Waals surface area contributed by atoms with Crippen molar-refractivity contribution in [2.75, 3.05) is 0 Å². The van der Waals surface area contributed by atoms with E-state index in [1.54, 1.807) is 6.07 Å². The van der Waals surface area contributed by atoms with Crippen molar-refractivity contribution >= 4 is 13.5 Å². The molecule has 0 spiro atoms. The Bertz CT molecular complexity index is 380. The summed E-state index contributed by atoms with van der Waals surface area (Å²) in [5.41, 5.74) is 6.68. The lowest BCUT2D eigenvalue weighted by Crippen LogP contribution is -2.37. The molecule has 0 saturated heterocycles. The quantitative estimate of drug-likeness (QED) is 0.621. The smallest absolute Gasteiger partial charge is 0.388 e. The van der Waals surface area contributed by atoms with Gasteiger partial charge in [0.2, 0.25) is 0 Å². The molecule has 1 aliphatic rings. The van der Waals surface area contributed by atoms with Crippen LogP contribution in [0.25, 0.3) is 0 Å². The van der Waals surface area contributed by atoms with Crippen molar-refractivity contribution in [1.29, 1.82) is 0 Å². The molecule has 5 heteroatoms. The summed E-state index contributed by atoms with van der Waals surface area (Å²) in [4.78, 5) is 10.8. The van der Waals surface area contributed by atoms with Gasteiger partial charge in [-0.2, -0.15) is 0 Å². The number of carboxylic acids is 1. The fourth-order valence-electron chi connectivity index (χ4n) is 1.51. The Labute approximate surface area is 82.0 Å². The SMILES string of the molecule is NC1[B]Oc2c(cccc2C(=O)O)C1. The van der Waals surface area contributed by atoms with Gasteiger partial charge in [0, 0.05) is 5.94 Å². The Morgan fingerprint density at radius 1 is 1.64 bits per heavy atom. The molecule has 1 radical (unpaired) electrons. The molecule has 0 fully saturated rings. The first-order valence-electron chi connectivity index (χ1n) is 4.29. The van der Waals surface area contributed by atoms with Crippen LogP contribution in [-0.4, -0.2) is 24.5 Å². The molecule has 0 amide bonds. The molecule has 1 aromatic rings. The highest BCUT2D eigenvalue weighted by molar-refractivity contribution is 6.31. The van der Waals surface area contributed by atoms with Gasteiger partial charge in [-0.05, 0) is 18.1 Å². The number of carbonyl (C=O) groups is 1. The second kappa shape index (κ2) is 3.34. The number of rotatable bonds is 1. The predicted molar refractivity (Wildman–Crippen MR) is 51.5 cm³/mol. The van der Waals surface area contributed by atoms with E-state index in [9.17, 15) is 4.79 Å². The van der Waals surface area contributed by atoms with E-state index in [1.165, 1.54) is 13.5 Å². The second-order valence-electron chi connectivity index (χ2n) is 3.22. The zero-order chi connectivity index (χ0) is 10.1. The molecule has 1 atom stereocenters. The standard InChI is InChI=1S/C9H9BNO3/c11-7-4-5-2-1-3-6(9(12)13)8(5)14-10-7/h1-3,7H,4,11H2,(H,12,13). The zero-order valence-electron chi connectivity index (χ0n) is 7.43. The van der Waals surface area contributed by atoms with Crippen molar-refractivity contribution in [2.24, 2.45) is 5.73 Å². The molecule has 2 rings (SSSR count). The average Bonchev–Trinajstić information content (AvgIpc) is 2.16. The van der Waals surface area contributed by atoms with Crippen LogP contribution in [0.1, 0.15) is 15.9 Å². The maximum atomic E-state index is 10.8. The van der Waals surface area contributed by atoms with Gasteiger partial charge in [0.05, 0.1) is 5.56 Å². The lowest BCUT2D eigenvalue weighted by Gasteiger charge is -2.22. The number of benzene rings is 1. The average molecular weight is 190 g/mol. The number of hydrogen-bond donors (Lipinski definition) is 2. The largest absolute Gasteiger partial charge is 0.561 e. The molecule has 1 heterocycles. The molecule has 0 aliphatic carbocycles. The van der Waals surface area contributed by atoms with E-state index in [1.807, 2.05) is 6.07 Å².